The molecule has 1 aliphatic rings. The Bertz CT molecular complexity index is 455. The molecule has 2 amide bonds. The average Bonchev–Trinajstić information content (AvgIpc) is 3.25. The molecule has 102 valence electrons. The van der Waals surface area contributed by atoms with Crippen LogP contribution >= 0.6 is 0 Å². The number of aromatic nitrogens is 1. The van der Waals surface area contributed by atoms with E-state index >= 15 is 0 Å². The Balaban J connectivity index is 1.87. The summed E-state index contributed by atoms with van der Waals surface area (Å²) in [5.74, 6) is -0.317. The largest absolute Gasteiger partial charge is 0.355 e. The van der Waals surface area contributed by atoms with Crippen molar-refractivity contribution in [3.63, 3.8) is 0 Å². The quantitative estimate of drug-likeness (QED) is 0.751. The van der Waals surface area contributed by atoms with Gasteiger partial charge in [0.15, 0.2) is 0 Å². The summed E-state index contributed by atoms with van der Waals surface area (Å²) >= 11 is 0. The highest BCUT2D eigenvalue weighted by Crippen LogP contribution is 2.46. The summed E-state index contributed by atoms with van der Waals surface area (Å²) in [6.45, 7) is 3.02. The van der Waals surface area contributed by atoms with Crippen LogP contribution in [0.3, 0.4) is 0 Å². The number of pyridine rings is 1. The number of hydrogen-bond donors (Lipinski definition) is 2. The second-order valence-corrected chi connectivity index (χ2v) is 4.88. The third kappa shape index (κ3) is 3.10. The van der Waals surface area contributed by atoms with E-state index in [2.05, 4.69) is 15.6 Å². The van der Waals surface area contributed by atoms with Crippen LogP contribution in [-0.2, 0) is 16.1 Å². The SMILES string of the molecule is CCCNC(=O)C1(C(=O)NCc2cccnc2)CC1. The lowest BCUT2D eigenvalue weighted by Gasteiger charge is -2.15. The Labute approximate surface area is 112 Å². The first-order valence-electron chi connectivity index (χ1n) is 6.64. The summed E-state index contributed by atoms with van der Waals surface area (Å²) in [7, 11) is 0. The summed E-state index contributed by atoms with van der Waals surface area (Å²) in [5, 5.41) is 5.62. The van der Waals surface area contributed by atoms with Gasteiger partial charge in [-0.1, -0.05) is 13.0 Å². The Morgan fingerprint density at radius 2 is 2.05 bits per heavy atom. The van der Waals surface area contributed by atoms with E-state index in [1.54, 1.807) is 12.4 Å². The minimum atomic E-state index is -0.822. The molecule has 0 aromatic carbocycles. The fourth-order valence-electron chi connectivity index (χ4n) is 1.94. The van der Waals surface area contributed by atoms with Gasteiger partial charge in [-0.25, -0.2) is 0 Å². The number of hydrogen-bond acceptors (Lipinski definition) is 3. The molecule has 0 bridgehead atoms. The van der Waals surface area contributed by atoms with Gasteiger partial charge in [0, 0.05) is 25.5 Å². The molecule has 1 fully saturated rings. The minimum Gasteiger partial charge on any atom is -0.355 e. The average molecular weight is 261 g/mol. The molecule has 1 aromatic rings. The van der Waals surface area contributed by atoms with Crippen molar-refractivity contribution >= 4 is 11.8 Å². The zero-order valence-electron chi connectivity index (χ0n) is 11.1. The Morgan fingerprint density at radius 3 is 2.63 bits per heavy atom. The van der Waals surface area contributed by atoms with Gasteiger partial charge >= 0.3 is 0 Å². The lowest BCUT2D eigenvalue weighted by molar-refractivity contribution is -0.137. The maximum Gasteiger partial charge on any atom is 0.235 e. The number of rotatable bonds is 6. The number of nitrogens with zero attached hydrogens (tertiary/aromatic N) is 1. The molecular formula is C14H19N3O2. The van der Waals surface area contributed by atoms with E-state index in [1.807, 2.05) is 19.1 Å². The summed E-state index contributed by atoms with van der Waals surface area (Å²) in [6, 6.07) is 3.71. The van der Waals surface area contributed by atoms with Gasteiger partial charge in [-0.15, -0.1) is 0 Å². The molecule has 0 unspecified atom stereocenters. The first-order valence-corrected chi connectivity index (χ1v) is 6.64. The number of carbonyl (C=O) groups is 2. The van der Waals surface area contributed by atoms with Crippen LogP contribution < -0.4 is 10.6 Å². The van der Waals surface area contributed by atoms with Crippen LogP contribution in [0, 0.1) is 5.41 Å². The molecule has 1 heterocycles. The number of carbonyl (C=O) groups excluding carboxylic acids is 2. The Hall–Kier alpha value is -1.91. The van der Waals surface area contributed by atoms with Crippen LogP contribution in [-0.4, -0.2) is 23.3 Å². The first kappa shape index (κ1) is 13.5. The van der Waals surface area contributed by atoms with Gasteiger partial charge in [-0.3, -0.25) is 14.6 Å². The van der Waals surface area contributed by atoms with Gasteiger partial charge in [-0.05, 0) is 30.9 Å². The van der Waals surface area contributed by atoms with Crippen molar-refractivity contribution in [1.82, 2.24) is 15.6 Å². The highest BCUT2D eigenvalue weighted by molar-refractivity contribution is 6.07. The zero-order valence-corrected chi connectivity index (χ0v) is 11.1. The van der Waals surface area contributed by atoms with Crippen LogP contribution in [0.2, 0.25) is 0 Å². The van der Waals surface area contributed by atoms with Crippen molar-refractivity contribution in [3.05, 3.63) is 30.1 Å². The van der Waals surface area contributed by atoms with Crippen molar-refractivity contribution in [3.8, 4) is 0 Å². The summed E-state index contributed by atoms with van der Waals surface area (Å²) < 4.78 is 0. The molecule has 1 aliphatic carbocycles. The Kier molecular flexibility index (Phi) is 4.14. The lowest BCUT2D eigenvalue weighted by atomic mass is 10.1. The molecule has 0 radical (unpaired) electrons. The van der Waals surface area contributed by atoms with E-state index in [-0.39, 0.29) is 11.8 Å². The fourth-order valence-corrected chi connectivity index (χ4v) is 1.94. The summed E-state index contributed by atoms with van der Waals surface area (Å²) in [4.78, 5) is 28.1. The van der Waals surface area contributed by atoms with Crippen molar-refractivity contribution in [2.75, 3.05) is 6.54 Å². The fraction of sp³-hybridized carbons (Fsp3) is 0.500. The lowest BCUT2D eigenvalue weighted by Crippen LogP contribution is -2.43. The van der Waals surface area contributed by atoms with Gasteiger partial charge in [0.05, 0.1) is 0 Å². The molecule has 0 aliphatic heterocycles. The molecule has 2 N–H and O–H groups in total. The molecule has 2 rings (SSSR count). The van der Waals surface area contributed by atoms with Gasteiger partial charge < -0.3 is 10.6 Å². The summed E-state index contributed by atoms with van der Waals surface area (Å²) in [6.07, 6.45) is 5.55. The third-order valence-corrected chi connectivity index (χ3v) is 3.33. The second kappa shape index (κ2) is 5.82. The van der Waals surface area contributed by atoms with Gasteiger partial charge in [0.25, 0.3) is 0 Å². The highest BCUT2D eigenvalue weighted by Gasteiger charge is 2.56. The first-order chi connectivity index (χ1) is 9.19. The normalized spacial score (nSPS) is 15.6. The van der Waals surface area contributed by atoms with Crippen LogP contribution in [0.1, 0.15) is 31.7 Å². The molecule has 0 atom stereocenters. The molecule has 0 spiro atoms. The van der Waals surface area contributed by atoms with E-state index < -0.39 is 5.41 Å². The highest BCUT2D eigenvalue weighted by atomic mass is 16.2. The van der Waals surface area contributed by atoms with Crippen molar-refractivity contribution in [1.29, 1.82) is 0 Å². The van der Waals surface area contributed by atoms with E-state index in [0.29, 0.717) is 25.9 Å². The predicted molar refractivity (Wildman–Crippen MR) is 71.1 cm³/mol. The van der Waals surface area contributed by atoms with Crippen LogP contribution in [0.15, 0.2) is 24.5 Å². The van der Waals surface area contributed by atoms with Crippen molar-refractivity contribution < 1.29 is 9.59 Å². The van der Waals surface area contributed by atoms with Crippen LogP contribution in [0.5, 0.6) is 0 Å². The van der Waals surface area contributed by atoms with Crippen molar-refractivity contribution in [2.24, 2.45) is 5.41 Å². The summed E-state index contributed by atoms with van der Waals surface area (Å²) in [5.41, 5.74) is 0.109. The second-order valence-electron chi connectivity index (χ2n) is 4.88. The number of amides is 2. The van der Waals surface area contributed by atoms with Crippen molar-refractivity contribution in [2.45, 2.75) is 32.7 Å². The molecule has 19 heavy (non-hydrogen) atoms. The standard InChI is InChI=1S/C14H19N3O2/c1-2-7-16-12(18)14(5-6-14)13(19)17-10-11-4-3-8-15-9-11/h3-4,8-9H,2,5-7,10H2,1H3,(H,16,18)(H,17,19). The minimum absolute atomic E-state index is 0.141. The zero-order chi connectivity index (χ0) is 13.7. The monoisotopic (exact) mass is 261 g/mol. The van der Waals surface area contributed by atoms with E-state index in [0.717, 1.165) is 12.0 Å². The Morgan fingerprint density at radius 1 is 1.32 bits per heavy atom. The smallest absolute Gasteiger partial charge is 0.235 e. The van der Waals surface area contributed by atoms with Gasteiger partial charge in [-0.2, -0.15) is 0 Å². The maximum absolute atomic E-state index is 12.1. The molecule has 0 saturated heterocycles. The van der Waals surface area contributed by atoms with Gasteiger partial charge in [0.2, 0.25) is 11.8 Å². The molecular weight excluding hydrogens is 242 g/mol. The molecule has 1 aromatic heterocycles. The van der Waals surface area contributed by atoms with Crippen LogP contribution in [0.4, 0.5) is 0 Å². The third-order valence-electron chi connectivity index (χ3n) is 3.33. The van der Waals surface area contributed by atoms with E-state index in [9.17, 15) is 9.59 Å². The van der Waals surface area contributed by atoms with Gasteiger partial charge in [0.1, 0.15) is 5.41 Å². The molecule has 1 saturated carbocycles. The topological polar surface area (TPSA) is 71.1 Å². The predicted octanol–water partition coefficient (Wildman–Crippen LogP) is 1.00. The number of nitrogens with one attached hydrogen (secondary N) is 2. The van der Waals surface area contributed by atoms with E-state index in [1.165, 1.54) is 0 Å². The maximum atomic E-state index is 12.1. The molecule has 5 heteroatoms. The van der Waals surface area contributed by atoms with Crippen LogP contribution in [0.25, 0.3) is 0 Å². The molecule has 5 nitrogen and oxygen atoms in total. The van der Waals surface area contributed by atoms with E-state index in [4.69, 9.17) is 0 Å².